The Balaban J connectivity index is 2.77. The summed E-state index contributed by atoms with van der Waals surface area (Å²) in [5, 5.41) is 22.7. The van der Waals surface area contributed by atoms with Crippen LogP contribution in [0.2, 0.25) is 0 Å². The highest BCUT2D eigenvalue weighted by molar-refractivity contribution is 5.27. The molecule has 0 amide bonds. The zero-order valence-electron chi connectivity index (χ0n) is 10.5. The summed E-state index contributed by atoms with van der Waals surface area (Å²) in [5.41, 5.74) is 1.30. The Morgan fingerprint density at radius 3 is 2.65 bits per heavy atom. The monoisotopic (exact) mass is 240 g/mol. The van der Waals surface area contributed by atoms with Crippen molar-refractivity contribution >= 4 is 0 Å². The maximum absolute atomic E-state index is 10.0. The summed E-state index contributed by atoms with van der Waals surface area (Å²) in [4.78, 5) is 4.17. The van der Waals surface area contributed by atoms with Gasteiger partial charge in [0.25, 0.3) is 0 Å². The first-order valence-electron chi connectivity index (χ1n) is 5.62. The Morgan fingerprint density at radius 1 is 1.41 bits per heavy atom. The van der Waals surface area contributed by atoms with Crippen LogP contribution >= 0.6 is 0 Å². The molecule has 0 fully saturated rings. The number of aryl methyl sites for hydroxylation is 1. The molecule has 2 atom stereocenters. The van der Waals surface area contributed by atoms with E-state index < -0.39 is 12.2 Å². The van der Waals surface area contributed by atoms with Gasteiger partial charge in [-0.05, 0) is 33.0 Å². The molecule has 0 aliphatic rings. The van der Waals surface area contributed by atoms with E-state index in [0.29, 0.717) is 30.1 Å². The van der Waals surface area contributed by atoms with Gasteiger partial charge in [0.15, 0.2) is 0 Å². The second-order valence-electron chi connectivity index (χ2n) is 3.93. The third-order valence-electron chi connectivity index (χ3n) is 2.68. The number of nitrogens with zero attached hydrogens (tertiary/aromatic N) is 1. The lowest BCUT2D eigenvalue weighted by molar-refractivity contribution is 0.0134. The fourth-order valence-electron chi connectivity index (χ4n) is 1.63. The molecule has 17 heavy (non-hydrogen) atoms. The van der Waals surface area contributed by atoms with Crippen LogP contribution in [0.5, 0.6) is 5.88 Å². The SMILES string of the molecule is CNCCC(O)C(O)c1ccc(OC)nc1C. The van der Waals surface area contributed by atoms with Gasteiger partial charge in [0.2, 0.25) is 5.88 Å². The molecular formula is C12H20N2O3. The van der Waals surface area contributed by atoms with Crippen molar-refractivity contribution in [3.63, 3.8) is 0 Å². The van der Waals surface area contributed by atoms with Gasteiger partial charge < -0.3 is 20.3 Å². The highest BCUT2D eigenvalue weighted by Gasteiger charge is 2.20. The van der Waals surface area contributed by atoms with Gasteiger partial charge in [0.05, 0.1) is 13.2 Å². The lowest BCUT2D eigenvalue weighted by Crippen LogP contribution is -2.24. The van der Waals surface area contributed by atoms with Crippen molar-refractivity contribution in [3.8, 4) is 5.88 Å². The van der Waals surface area contributed by atoms with Gasteiger partial charge in [-0.3, -0.25) is 0 Å². The van der Waals surface area contributed by atoms with E-state index in [-0.39, 0.29) is 0 Å². The molecule has 5 heteroatoms. The highest BCUT2D eigenvalue weighted by atomic mass is 16.5. The molecule has 5 nitrogen and oxygen atoms in total. The minimum Gasteiger partial charge on any atom is -0.481 e. The summed E-state index contributed by atoms with van der Waals surface area (Å²) in [6, 6.07) is 3.41. The Bertz CT molecular complexity index is 358. The fourth-order valence-corrected chi connectivity index (χ4v) is 1.63. The zero-order valence-corrected chi connectivity index (χ0v) is 10.5. The van der Waals surface area contributed by atoms with Crippen molar-refractivity contribution in [2.24, 2.45) is 0 Å². The molecule has 0 bridgehead atoms. The quantitative estimate of drug-likeness (QED) is 0.671. The van der Waals surface area contributed by atoms with Gasteiger partial charge in [-0.1, -0.05) is 0 Å². The molecule has 1 aromatic heterocycles. The number of ether oxygens (including phenoxy) is 1. The molecule has 0 spiro atoms. The number of methoxy groups -OCH3 is 1. The van der Waals surface area contributed by atoms with Crippen LogP contribution in [0.3, 0.4) is 0 Å². The average molecular weight is 240 g/mol. The molecule has 1 aromatic rings. The molecular weight excluding hydrogens is 220 g/mol. The van der Waals surface area contributed by atoms with Crippen molar-refractivity contribution in [1.82, 2.24) is 10.3 Å². The zero-order chi connectivity index (χ0) is 12.8. The van der Waals surface area contributed by atoms with E-state index >= 15 is 0 Å². The van der Waals surface area contributed by atoms with Gasteiger partial charge in [0, 0.05) is 17.3 Å². The van der Waals surface area contributed by atoms with Gasteiger partial charge in [-0.25, -0.2) is 4.98 Å². The van der Waals surface area contributed by atoms with Crippen LogP contribution in [0.1, 0.15) is 23.8 Å². The van der Waals surface area contributed by atoms with Gasteiger partial charge >= 0.3 is 0 Å². The summed E-state index contributed by atoms with van der Waals surface area (Å²) in [5.74, 6) is 0.503. The van der Waals surface area contributed by atoms with Crippen LogP contribution in [0.15, 0.2) is 12.1 Å². The molecule has 0 saturated heterocycles. The summed E-state index contributed by atoms with van der Waals surface area (Å²) >= 11 is 0. The standard InChI is InChI=1S/C12H20N2O3/c1-8-9(4-5-11(14-8)17-3)12(16)10(15)6-7-13-2/h4-5,10,12-13,15-16H,6-7H2,1-3H3. The second kappa shape index (κ2) is 6.54. The normalized spacial score (nSPS) is 14.4. The van der Waals surface area contributed by atoms with Crippen LogP contribution < -0.4 is 10.1 Å². The molecule has 1 heterocycles. The number of hydrogen-bond acceptors (Lipinski definition) is 5. The first-order chi connectivity index (χ1) is 8.10. The van der Waals surface area contributed by atoms with E-state index in [4.69, 9.17) is 4.74 Å². The molecule has 0 aliphatic carbocycles. The maximum atomic E-state index is 10.0. The predicted octanol–water partition coefficient (Wildman–Crippen LogP) is 0.402. The van der Waals surface area contributed by atoms with E-state index in [1.807, 2.05) is 0 Å². The van der Waals surface area contributed by atoms with Crippen LogP contribution in [-0.2, 0) is 0 Å². The van der Waals surface area contributed by atoms with Crippen LogP contribution in [0.4, 0.5) is 0 Å². The lowest BCUT2D eigenvalue weighted by atomic mass is 10.0. The summed E-state index contributed by atoms with van der Waals surface area (Å²) < 4.78 is 4.99. The van der Waals surface area contributed by atoms with Gasteiger partial charge in [-0.2, -0.15) is 0 Å². The minimum atomic E-state index is -0.915. The minimum absolute atomic E-state index is 0.489. The molecule has 96 valence electrons. The third-order valence-corrected chi connectivity index (χ3v) is 2.68. The van der Waals surface area contributed by atoms with E-state index in [2.05, 4.69) is 10.3 Å². The topological polar surface area (TPSA) is 74.6 Å². The Hall–Kier alpha value is -1.17. The van der Waals surface area contributed by atoms with Gasteiger partial charge in [-0.15, -0.1) is 0 Å². The second-order valence-corrected chi connectivity index (χ2v) is 3.93. The summed E-state index contributed by atoms with van der Waals surface area (Å²) in [6.07, 6.45) is -1.22. The Morgan fingerprint density at radius 2 is 2.12 bits per heavy atom. The average Bonchev–Trinajstić information content (AvgIpc) is 2.34. The molecule has 0 aromatic carbocycles. The molecule has 3 N–H and O–H groups in total. The van der Waals surface area contributed by atoms with Crippen molar-refractivity contribution < 1.29 is 14.9 Å². The van der Waals surface area contributed by atoms with Crippen LogP contribution in [-0.4, -0.2) is 42.0 Å². The number of aliphatic hydroxyl groups is 2. The van der Waals surface area contributed by atoms with E-state index in [1.165, 1.54) is 0 Å². The number of aliphatic hydroxyl groups excluding tert-OH is 2. The molecule has 1 rings (SSSR count). The smallest absolute Gasteiger partial charge is 0.213 e. The Kier molecular flexibility index (Phi) is 5.34. The lowest BCUT2D eigenvalue weighted by Gasteiger charge is -2.19. The molecule has 0 radical (unpaired) electrons. The number of pyridine rings is 1. The molecule has 0 saturated carbocycles. The summed E-state index contributed by atoms with van der Waals surface area (Å²) in [6.45, 7) is 2.44. The number of nitrogens with one attached hydrogen (secondary N) is 1. The van der Waals surface area contributed by atoms with E-state index in [0.717, 1.165) is 0 Å². The third kappa shape index (κ3) is 3.66. The number of hydrogen-bond donors (Lipinski definition) is 3. The van der Waals surface area contributed by atoms with Gasteiger partial charge in [0.1, 0.15) is 6.10 Å². The Labute approximate surface area is 101 Å². The van der Waals surface area contributed by atoms with Crippen LogP contribution in [0, 0.1) is 6.92 Å². The number of aromatic nitrogens is 1. The van der Waals surface area contributed by atoms with Crippen molar-refractivity contribution in [1.29, 1.82) is 0 Å². The van der Waals surface area contributed by atoms with E-state index in [1.54, 1.807) is 33.2 Å². The van der Waals surface area contributed by atoms with Crippen molar-refractivity contribution in [2.75, 3.05) is 20.7 Å². The first-order valence-corrected chi connectivity index (χ1v) is 5.62. The first kappa shape index (κ1) is 13.9. The van der Waals surface area contributed by atoms with E-state index in [9.17, 15) is 10.2 Å². The summed E-state index contributed by atoms with van der Waals surface area (Å²) in [7, 11) is 3.35. The van der Waals surface area contributed by atoms with Crippen molar-refractivity contribution in [2.45, 2.75) is 25.6 Å². The molecule has 2 unspecified atom stereocenters. The largest absolute Gasteiger partial charge is 0.481 e. The van der Waals surface area contributed by atoms with Crippen LogP contribution in [0.25, 0.3) is 0 Å². The molecule has 0 aliphatic heterocycles. The number of rotatable bonds is 6. The fraction of sp³-hybridized carbons (Fsp3) is 0.583. The predicted molar refractivity (Wildman–Crippen MR) is 65.0 cm³/mol. The van der Waals surface area contributed by atoms with Crippen molar-refractivity contribution in [3.05, 3.63) is 23.4 Å². The highest BCUT2D eigenvalue weighted by Crippen LogP contribution is 2.23. The maximum Gasteiger partial charge on any atom is 0.213 e.